The van der Waals surface area contributed by atoms with E-state index in [9.17, 15) is 23.9 Å². The molecule has 0 fully saturated rings. The molecule has 0 aliphatic rings. The number of hydrogen-bond donors (Lipinski definition) is 2. The number of carboxylic acids is 1. The molecule has 1 atom stereocenters. The molecule has 164 valence electrons. The van der Waals surface area contributed by atoms with Crippen LogP contribution in [0.2, 0.25) is 0 Å². The number of methoxy groups -OCH3 is 1. The van der Waals surface area contributed by atoms with Gasteiger partial charge in [0, 0.05) is 5.56 Å². The molecule has 2 aromatic rings. The average molecular weight is 427 g/mol. The van der Waals surface area contributed by atoms with E-state index in [1.54, 1.807) is 12.1 Å². The van der Waals surface area contributed by atoms with Crippen molar-refractivity contribution in [3.05, 3.63) is 71.2 Å². The van der Waals surface area contributed by atoms with Crippen molar-refractivity contribution in [2.45, 2.75) is 26.3 Å². The fraction of sp³-hybridized carbons (Fsp3) is 0.261. The van der Waals surface area contributed by atoms with Crippen LogP contribution in [0.15, 0.2) is 54.2 Å². The minimum atomic E-state index is -1.43. The maximum Gasteiger partial charge on any atom is 0.268 e. The number of rotatable bonds is 9. The summed E-state index contributed by atoms with van der Waals surface area (Å²) in [5.41, 5.74) is 0.509. The van der Waals surface area contributed by atoms with Gasteiger partial charge in [-0.3, -0.25) is 9.59 Å². The van der Waals surface area contributed by atoms with Crippen LogP contribution in [0.1, 0.15) is 36.2 Å². The Kier molecular flexibility index (Phi) is 8.31. The molecule has 0 bridgehead atoms. The Morgan fingerprint density at radius 2 is 1.68 bits per heavy atom. The zero-order valence-electron chi connectivity index (χ0n) is 17.5. The minimum Gasteiger partial charge on any atom is -0.548 e. The Balaban J connectivity index is 2.30. The van der Waals surface area contributed by atoms with Crippen LogP contribution in [0.3, 0.4) is 0 Å². The van der Waals surface area contributed by atoms with Crippen LogP contribution in [0, 0.1) is 11.7 Å². The third-order valence-electron chi connectivity index (χ3n) is 4.32. The van der Waals surface area contributed by atoms with E-state index in [2.05, 4.69) is 10.6 Å². The highest BCUT2D eigenvalue weighted by Gasteiger charge is 2.20. The average Bonchev–Trinajstić information content (AvgIpc) is 2.73. The van der Waals surface area contributed by atoms with Crippen molar-refractivity contribution in [3.8, 4) is 5.75 Å². The van der Waals surface area contributed by atoms with Gasteiger partial charge in [0.05, 0.1) is 19.1 Å². The number of carbonyl (C=O) groups excluding carboxylic acids is 3. The van der Waals surface area contributed by atoms with Crippen molar-refractivity contribution in [2.75, 3.05) is 7.11 Å². The molecule has 0 saturated heterocycles. The molecule has 0 radical (unpaired) electrons. The van der Waals surface area contributed by atoms with Crippen LogP contribution in [0.4, 0.5) is 4.39 Å². The van der Waals surface area contributed by atoms with Crippen molar-refractivity contribution in [2.24, 2.45) is 5.92 Å². The van der Waals surface area contributed by atoms with Gasteiger partial charge >= 0.3 is 0 Å². The van der Waals surface area contributed by atoms with Crippen molar-refractivity contribution in [1.82, 2.24) is 10.6 Å². The zero-order valence-corrected chi connectivity index (χ0v) is 17.5. The second kappa shape index (κ2) is 10.9. The molecule has 2 rings (SSSR count). The fourth-order valence-electron chi connectivity index (χ4n) is 2.74. The predicted molar refractivity (Wildman–Crippen MR) is 111 cm³/mol. The first kappa shape index (κ1) is 23.6. The van der Waals surface area contributed by atoms with Crippen LogP contribution >= 0.6 is 0 Å². The zero-order chi connectivity index (χ0) is 23.0. The predicted octanol–water partition coefficient (Wildman–Crippen LogP) is 1.89. The van der Waals surface area contributed by atoms with Crippen LogP contribution in [0.5, 0.6) is 5.75 Å². The minimum absolute atomic E-state index is 0.0124. The summed E-state index contributed by atoms with van der Waals surface area (Å²) in [6.45, 7) is 3.62. The van der Waals surface area contributed by atoms with E-state index in [1.807, 2.05) is 13.8 Å². The summed E-state index contributed by atoms with van der Waals surface area (Å²) < 4.78 is 18.3. The maximum atomic E-state index is 13.2. The highest BCUT2D eigenvalue weighted by Crippen LogP contribution is 2.13. The molecule has 2 N–H and O–H groups in total. The molecule has 0 saturated carbocycles. The van der Waals surface area contributed by atoms with Crippen LogP contribution in [-0.2, 0) is 9.59 Å². The van der Waals surface area contributed by atoms with Gasteiger partial charge in [-0.05, 0) is 60.4 Å². The van der Waals surface area contributed by atoms with Gasteiger partial charge in [-0.25, -0.2) is 4.39 Å². The molecule has 0 aliphatic heterocycles. The Morgan fingerprint density at radius 1 is 1.06 bits per heavy atom. The number of benzene rings is 2. The summed E-state index contributed by atoms with van der Waals surface area (Å²) in [6.07, 6.45) is 1.49. The Labute approximate surface area is 179 Å². The highest BCUT2D eigenvalue weighted by molar-refractivity contribution is 6.06. The van der Waals surface area contributed by atoms with Gasteiger partial charge in [-0.1, -0.05) is 26.0 Å². The monoisotopic (exact) mass is 427 g/mol. The van der Waals surface area contributed by atoms with E-state index in [0.717, 1.165) is 0 Å². The van der Waals surface area contributed by atoms with Crippen molar-refractivity contribution < 1.29 is 28.6 Å². The molecule has 2 amide bonds. The normalized spacial score (nSPS) is 12.2. The molecule has 31 heavy (non-hydrogen) atoms. The first-order valence-electron chi connectivity index (χ1n) is 9.64. The quantitative estimate of drug-likeness (QED) is 0.594. The number of hydrogen-bond acceptors (Lipinski definition) is 5. The van der Waals surface area contributed by atoms with Gasteiger partial charge in [0.25, 0.3) is 11.8 Å². The topological polar surface area (TPSA) is 108 Å². The second-order valence-electron chi connectivity index (χ2n) is 7.27. The molecule has 2 aromatic carbocycles. The first-order valence-corrected chi connectivity index (χ1v) is 9.64. The van der Waals surface area contributed by atoms with Gasteiger partial charge in [-0.15, -0.1) is 0 Å². The maximum absolute atomic E-state index is 13.2. The van der Waals surface area contributed by atoms with E-state index in [-0.39, 0.29) is 23.6 Å². The van der Waals surface area contributed by atoms with Gasteiger partial charge in [-0.2, -0.15) is 0 Å². The molecule has 0 heterocycles. The van der Waals surface area contributed by atoms with E-state index in [4.69, 9.17) is 4.74 Å². The SMILES string of the molecule is COc1ccc(C(=O)N/C(=C\c2ccc(F)cc2)C(=O)N[C@@H](CC(C)C)C(=O)[O-])cc1. The van der Waals surface area contributed by atoms with E-state index < -0.39 is 29.6 Å². The number of carboxylic acid groups (broad SMARTS) is 1. The summed E-state index contributed by atoms with van der Waals surface area (Å²) in [5, 5.41) is 16.3. The molecular weight excluding hydrogens is 403 g/mol. The third-order valence-corrected chi connectivity index (χ3v) is 4.32. The standard InChI is InChI=1S/C23H25FN2O5/c1-14(2)12-20(23(29)30)26-22(28)19(13-15-4-8-17(24)9-5-15)25-21(27)16-6-10-18(31-3)11-7-16/h4-11,13-14,20H,12H2,1-3H3,(H,25,27)(H,26,28)(H,29,30)/p-1/b19-13-/t20-/m0/s1. The lowest BCUT2D eigenvalue weighted by molar-refractivity contribution is -0.308. The Morgan fingerprint density at radius 3 is 2.19 bits per heavy atom. The van der Waals surface area contributed by atoms with Crippen molar-refractivity contribution in [3.63, 3.8) is 0 Å². The van der Waals surface area contributed by atoms with Crippen LogP contribution in [0.25, 0.3) is 6.08 Å². The molecule has 0 spiro atoms. The number of ether oxygens (including phenoxy) is 1. The van der Waals surface area contributed by atoms with Crippen molar-refractivity contribution >= 4 is 23.9 Å². The fourth-order valence-corrected chi connectivity index (χ4v) is 2.74. The second-order valence-corrected chi connectivity index (χ2v) is 7.27. The lowest BCUT2D eigenvalue weighted by Gasteiger charge is -2.22. The van der Waals surface area contributed by atoms with Crippen molar-refractivity contribution in [1.29, 1.82) is 0 Å². The van der Waals surface area contributed by atoms with Gasteiger partial charge < -0.3 is 25.3 Å². The first-order chi connectivity index (χ1) is 14.7. The van der Waals surface area contributed by atoms with E-state index >= 15 is 0 Å². The molecule has 0 unspecified atom stereocenters. The Hall–Kier alpha value is -3.68. The smallest absolute Gasteiger partial charge is 0.268 e. The molecule has 0 aliphatic carbocycles. The third kappa shape index (κ3) is 7.26. The van der Waals surface area contributed by atoms with E-state index in [1.165, 1.54) is 49.6 Å². The lowest BCUT2D eigenvalue weighted by Crippen LogP contribution is -2.50. The number of halogens is 1. The van der Waals surface area contributed by atoms with Crippen LogP contribution in [-0.4, -0.2) is 30.9 Å². The van der Waals surface area contributed by atoms with Gasteiger partial charge in [0.1, 0.15) is 17.3 Å². The number of carbonyl (C=O) groups is 3. The number of aliphatic carboxylic acids is 1. The van der Waals surface area contributed by atoms with Crippen LogP contribution < -0.4 is 20.5 Å². The number of amides is 2. The van der Waals surface area contributed by atoms with Gasteiger partial charge in [0.15, 0.2) is 0 Å². The summed E-state index contributed by atoms with van der Waals surface area (Å²) in [7, 11) is 1.49. The summed E-state index contributed by atoms with van der Waals surface area (Å²) in [4.78, 5) is 36.8. The molecule has 8 heteroatoms. The molecule has 7 nitrogen and oxygen atoms in total. The highest BCUT2D eigenvalue weighted by atomic mass is 19.1. The largest absolute Gasteiger partial charge is 0.548 e. The lowest BCUT2D eigenvalue weighted by atomic mass is 10.0. The summed E-state index contributed by atoms with van der Waals surface area (Å²) in [6, 6.07) is 10.2. The summed E-state index contributed by atoms with van der Waals surface area (Å²) >= 11 is 0. The number of nitrogens with one attached hydrogen (secondary N) is 2. The van der Waals surface area contributed by atoms with E-state index in [0.29, 0.717) is 11.3 Å². The molecular formula is C23H24FN2O5-. The Bertz CT molecular complexity index is 953. The molecule has 0 aromatic heterocycles. The summed E-state index contributed by atoms with van der Waals surface area (Å²) in [5.74, 6) is -2.73. The van der Waals surface area contributed by atoms with Gasteiger partial charge in [0.2, 0.25) is 0 Å².